The lowest BCUT2D eigenvalue weighted by atomic mass is 10.0. The summed E-state index contributed by atoms with van der Waals surface area (Å²) in [5.74, 6) is -9.80. The number of nitrogens with two attached hydrogens (primary N) is 7. The number of benzene rings is 2. The van der Waals surface area contributed by atoms with Gasteiger partial charge in [-0.3, -0.25) is 67.3 Å². The Morgan fingerprint density at radius 1 is 0.537 bits per heavy atom. The van der Waals surface area contributed by atoms with Gasteiger partial charge in [0, 0.05) is 45.3 Å². The van der Waals surface area contributed by atoms with E-state index in [9.17, 15) is 62.3 Å². The van der Waals surface area contributed by atoms with Crippen LogP contribution in [0.2, 0.25) is 0 Å². The summed E-state index contributed by atoms with van der Waals surface area (Å²) in [6.45, 7) is 3.86. The molecule has 0 aliphatic carbocycles. The van der Waals surface area contributed by atoms with E-state index in [0.29, 0.717) is 55.4 Å². The fourth-order valence-corrected chi connectivity index (χ4v) is 11.5. The first kappa shape index (κ1) is 78.5. The Morgan fingerprint density at radius 2 is 1.01 bits per heavy atom. The fraction of sp³-hybridized carbons (Fsp3) is 0.587. The number of guanidine groups is 1. The Hall–Kier alpha value is -8.91. The van der Waals surface area contributed by atoms with Gasteiger partial charge in [-0.2, -0.15) is 11.8 Å². The summed E-state index contributed by atoms with van der Waals surface area (Å²) >= 11 is 1.45. The number of carbonyl (C=O) groups is 13. The SMILES string of the molecule is CSCC[C@H](NC(=O)[C@H](CC(C)C)NC(=O)CNC(=O)[C@@H](Cc1ccccc1)NC(=O)[C@H](Cc1ccccc1)NC(=O)[C@@H](CCC(N)=O)NC(=O)[C@@H](CCC(N)=O)NC(=O)[C@@H]1CCCN1C(=O)[C@H](CCCCN)NC(=O)[C@@H]1CCCN1C(=O)[C@@H](N)CCCN=C(N)N)C(N)=O. The Kier molecular flexibility index (Phi) is 33.9. The second-order valence-corrected chi connectivity index (χ2v) is 25.1. The maximum absolute atomic E-state index is 14.7. The third-order valence-corrected chi connectivity index (χ3v) is 16.7. The lowest BCUT2D eigenvalue weighted by molar-refractivity contribution is -0.144. The highest BCUT2D eigenvalue weighted by Gasteiger charge is 2.42. The number of nitrogens with zero attached hydrogens (tertiary/aromatic N) is 3. The summed E-state index contributed by atoms with van der Waals surface area (Å²) in [5.41, 5.74) is 40.6. The number of likely N-dealkylation sites (tertiary alicyclic amines) is 2. The minimum absolute atomic E-state index is 0.0736. The summed E-state index contributed by atoms with van der Waals surface area (Å²) in [5, 5.41) is 21.1. The molecule has 4 rings (SSSR count). The van der Waals surface area contributed by atoms with E-state index in [4.69, 9.17) is 40.1 Å². The van der Waals surface area contributed by atoms with E-state index >= 15 is 0 Å². The van der Waals surface area contributed by atoms with Crippen LogP contribution in [0.3, 0.4) is 0 Å². The van der Waals surface area contributed by atoms with E-state index in [0.717, 1.165) is 0 Å². The number of amides is 13. The van der Waals surface area contributed by atoms with Crippen molar-refractivity contribution in [2.24, 2.45) is 51.0 Å². The Morgan fingerprint density at radius 3 is 1.51 bits per heavy atom. The largest absolute Gasteiger partial charge is 0.370 e. The maximum atomic E-state index is 14.7. The number of hydrogen-bond donors (Lipinski definition) is 15. The van der Waals surface area contributed by atoms with Crippen molar-refractivity contribution in [1.29, 1.82) is 0 Å². The average molecular weight is 1350 g/mol. The lowest BCUT2D eigenvalue weighted by Gasteiger charge is -2.32. The van der Waals surface area contributed by atoms with E-state index in [-0.39, 0.29) is 83.0 Å². The molecule has 2 heterocycles. The van der Waals surface area contributed by atoms with Crippen LogP contribution in [0.4, 0.5) is 0 Å². The molecule has 2 aliphatic heterocycles. The fourth-order valence-electron chi connectivity index (χ4n) is 11.0. The molecule has 0 unspecified atom stereocenters. The summed E-state index contributed by atoms with van der Waals surface area (Å²) in [6.07, 6.45) is 3.12. The van der Waals surface area contributed by atoms with E-state index in [1.165, 1.54) is 21.6 Å². The number of primary amides is 3. The zero-order valence-corrected chi connectivity index (χ0v) is 55.3. The number of unbranched alkanes of at least 4 members (excludes halogenated alkanes) is 1. The second kappa shape index (κ2) is 41.0. The topological polar surface area (TPSA) is 519 Å². The highest BCUT2D eigenvalue weighted by atomic mass is 32.2. The summed E-state index contributed by atoms with van der Waals surface area (Å²) in [6, 6.07) is 4.51. The molecule has 2 aromatic rings. The number of hydrogen-bond acceptors (Lipinski definition) is 17. The monoisotopic (exact) mass is 1350 g/mol. The smallest absolute Gasteiger partial charge is 0.245 e. The van der Waals surface area contributed by atoms with E-state index in [1.54, 1.807) is 60.7 Å². The molecule has 0 spiro atoms. The van der Waals surface area contributed by atoms with Crippen LogP contribution < -0.4 is 82.7 Å². The molecule has 10 atom stereocenters. The van der Waals surface area contributed by atoms with Gasteiger partial charge in [0.25, 0.3) is 0 Å². The van der Waals surface area contributed by atoms with Crippen molar-refractivity contribution in [3.63, 3.8) is 0 Å². The second-order valence-electron chi connectivity index (χ2n) is 24.1. The van der Waals surface area contributed by atoms with Gasteiger partial charge in [-0.05, 0) is 119 Å². The van der Waals surface area contributed by atoms with Gasteiger partial charge in [-0.25, -0.2) is 0 Å². The van der Waals surface area contributed by atoms with Gasteiger partial charge < -0.3 is 92.5 Å². The van der Waals surface area contributed by atoms with Gasteiger partial charge in [0.1, 0.15) is 54.4 Å². The number of nitrogens with one attached hydrogen (secondary N) is 8. The molecule has 31 nitrogen and oxygen atoms in total. The van der Waals surface area contributed by atoms with Crippen molar-refractivity contribution in [2.75, 3.05) is 44.7 Å². The molecule has 32 heteroatoms. The van der Waals surface area contributed by atoms with E-state index in [2.05, 4.69) is 47.5 Å². The van der Waals surface area contributed by atoms with Crippen molar-refractivity contribution < 1.29 is 62.3 Å². The Balaban J connectivity index is 1.56. The molecular formula is C63H98N18O13S. The first-order chi connectivity index (χ1) is 45.2. The van der Waals surface area contributed by atoms with Gasteiger partial charge in [0.2, 0.25) is 76.8 Å². The molecule has 2 fully saturated rings. The van der Waals surface area contributed by atoms with Gasteiger partial charge in [-0.1, -0.05) is 74.5 Å². The predicted octanol–water partition coefficient (Wildman–Crippen LogP) is -3.71. The minimum Gasteiger partial charge on any atom is -0.370 e. The zero-order valence-electron chi connectivity index (χ0n) is 54.5. The third kappa shape index (κ3) is 27.5. The average Bonchev–Trinajstić information content (AvgIpc) is 1.74. The highest BCUT2D eigenvalue weighted by Crippen LogP contribution is 2.24. The molecule has 0 aromatic heterocycles. The van der Waals surface area contributed by atoms with Crippen molar-refractivity contribution in [3.05, 3.63) is 71.8 Å². The molecule has 0 radical (unpaired) electrons. The van der Waals surface area contributed by atoms with Crippen molar-refractivity contribution in [2.45, 2.75) is 183 Å². The first-order valence-electron chi connectivity index (χ1n) is 32.2. The number of carbonyl (C=O) groups excluding carboxylic acids is 13. The van der Waals surface area contributed by atoms with Crippen LogP contribution in [0.1, 0.15) is 121 Å². The normalized spacial score (nSPS) is 16.8. The van der Waals surface area contributed by atoms with Crippen LogP contribution in [0.15, 0.2) is 65.7 Å². The summed E-state index contributed by atoms with van der Waals surface area (Å²) < 4.78 is 0. The molecule has 2 aliphatic rings. The van der Waals surface area contributed by atoms with Gasteiger partial charge >= 0.3 is 0 Å². The molecule has 0 bridgehead atoms. The van der Waals surface area contributed by atoms with Crippen LogP contribution in [0.25, 0.3) is 0 Å². The highest BCUT2D eigenvalue weighted by molar-refractivity contribution is 7.98. The molecule has 22 N–H and O–H groups in total. The molecule has 524 valence electrons. The summed E-state index contributed by atoms with van der Waals surface area (Å²) in [4.78, 5) is 185. The van der Waals surface area contributed by atoms with Crippen LogP contribution in [0, 0.1) is 5.92 Å². The van der Waals surface area contributed by atoms with Crippen molar-refractivity contribution in [3.8, 4) is 0 Å². The molecule has 0 saturated carbocycles. The quantitative estimate of drug-likeness (QED) is 0.0173. The lowest BCUT2D eigenvalue weighted by Crippen LogP contribution is -2.60. The number of thioether (sulfide) groups is 1. The van der Waals surface area contributed by atoms with Gasteiger partial charge in [0.15, 0.2) is 5.96 Å². The molecule has 2 saturated heterocycles. The molecular weight excluding hydrogens is 1250 g/mol. The zero-order chi connectivity index (χ0) is 70.1. The molecule has 95 heavy (non-hydrogen) atoms. The molecule has 13 amide bonds. The van der Waals surface area contributed by atoms with Crippen LogP contribution in [-0.4, -0.2) is 198 Å². The van der Waals surface area contributed by atoms with Crippen LogP contribution >= 0.6 is 11.8 Å². The van der Waals surface area contributed by atoms with Gasteiger partial charge in [0.05, 0.1) is 12.6 Å². The Bertz CT molecular complexity index is 2960. The Labute approximate surface area is 558 Å². The van der Waals surface area contributed by atoms with Crippen LogP contribution in [0.5, 0.6) is 0 Å². The van der Waals surface area contributed by atoms with Crippen LogP contribution in [-0.2, 0) is 75.2 Å². The predicted molar refractivity (Wildman–Crippen MR) is 356 cm³/mol. The van der Waals surface area contributed by atoms with E-state index in [1.807, 2.05) is 20.1 Å². The maximum Gasteiger partial charge on any atom is 0.245 e. The van der Waals surface area contributed by atoms with E-state index < -0.39 is 169 Å². The number of rotatable bonds is 42. The third-order valence-electron chi connectivity index (χ3n) is 16.0. The van der Waals surface area contributed by atoms with Gasteiger partial charge in [-0.15, -0.1) is 0 Å². The standard InChI is InChI=1S/C63H98N18O13S/c1-37(2)33-45(57(89)74-41(53(68)85)27-32-95-3)73-52(84)36-72-54(86)46(34-38-15-6-4-7-16-38)78-58(90)47(35-39-17-8-5-9-18-39)79-56(88)42(23-25-50(66)82)75-55(87)43(24-26-51(67)83)76-59(91)49-22-14-31-81(49)62(94)44(20-10-11-28-64)77-60(92)48-21-13-30-80(48)61(93)40(65)19-12-29-71-63(69)70/h4-9,15-18,37,40-49H,10-14,19-36,64-65H2,1-3H3,(H2,66,82)(H2,67,83)(H2,68,85)(H,72,86)(H,73,84)(H,74,89)(H,75,87)(H,76,91)(H,77,92)(H,78,90)(H,79,88)(H4,69,70,71)/t40-,41-,42+,43+,44-,45-,46+,47-,48-,49-/m0/s1. The van der Waals surface area contributed by atoms with Crippen molar-refractivity contribution >= 4 is 94.5 Å². The number of aliphatic imine (C=N–C) groups is 1. The first-order valence-corrected chi connectivity index (χ1v) is 33.6. The summed E-state index contributed by atoms with van der Waals surface area (Å²) in [7, 11) is 0. The van der Waals surface area contributed by atoms with Crippen molar-refractivity contribution in [1.82, 2.24) is 52.3 Å². The molecule has 2 aromatic carbocycles. The minimum atomic E-state index is -1.64.